The minimum Gasteiger partial charge on any atom is -0.344 e. The molecule has 0 bridgehead atoms. The summed E-state index contributed by atoms with van der Waals surface area (Å²) < 4.78 is 40.5. The molecule has 0 spiro atoms. The summed E-state index contributed by atoms with van der Waals surface area (Å²) in [5.74, 6) is -0.694. The van der Waals surface area contributed by atoms with E-state index in [-0.39, 0.29) is 12.2 Å². The van der Waals surface area contributed by atoms with E-state index in [1.54, 1.807) is 0 Å². The molecule has 6 heteroatoms. The third-order valence-corrected chi connectivity index (χ3v) is 6.23. The van der Waals surface area contributed by atoms with Crippen molar-refractivity contribution >= 4 is 10.1 Å². The van der Waals surface area contributed by atoms with Crippen LogP contribution in [0.1, 0.15) is 118 Å². The van der Waals surface area contributed by atoms with Gasteiger partial charge in [-0.15, -0.1) is 0 Å². The third kappa shape index (κ3) is 12.3. The van der Waals surface area contributed by atoms with Crippen LogP contribution in [-0.2, 0) is 23.8 Å². The third-order valence-electron chi connectivity index (χ3n) is 5.63. The van der Waals surface area contributed by atoms with Gasteiger partial charge in [0.25, 0.3) is 10.1 Å². The van der Waals surface area contributed by atoms with Crippen LogP contribution < -0.4 is 0 Å². The fourth-order valence-corrected chi connectivity index (χ4v) is 4.86. The Bertz CT molecular complexity index is 517. The van der Waals surface area contributed by atoms with E-state index < -0.39 is 22.0 Å². The molecular weight excluding hydrogens is 388 g/mol. The molecule has 1 saturated heterocycles. The van der Waals surface area contributed by atoms with Crippen molar-refractivity contribution in [1.82, 2.24) is 0 Å². The predicted molar refractivity (Wildman–Crippen MR) is 120 cm³/mol. The van der Waals surface area contributed by atoms with E-state index in [0.717, 1.165) is 19.1 Å². The van der Waals surface area contributed by atoms with Crippen molar-refractivity contribution in [2.75, 3.05) is 6.26 Å². The standard InChI is InChI=1S/C23H46O5S/c1-6-8-9-10-11-12-13-14-15-16-17-18-19-21-22(27-23(3,4)26-21)20(7-2)28-29(5,24)25/h20-22H,6-19H2,1-5H3/t20-,21+,22+/m1/s1. The van der Waals surface area contributed by atoms with Crippen molar-refractivity contribution in [3.63, 3.8) is 0 Å². The SMILES string of the molecule is CCCCCCCCCCCCCC[C@@H]1OC(C)(C)O[C@H]1[C@@H](CC)OS(C)(=O)=O. The fourth-order valence-electron chi connectivity index (χ4n) is 4.17. The molecule has 0 aromatic carbocycles. The zero-order chi connectivity index (χ0) is 21.8. The number of ether oxygens (including phenoxy) is 2. The van der Waals surface area contributed by atoms with E-state index in [1.165, 1.54) is 70.6 Å². The molecular formula is C23H46O5S. The summed E-state index contributed by atoms with van der Waals surface area (Å²) in [6.45, 7) is 7.95. The first kappa shape index (κ1) is 26.9. The van der Waals surface area contributed by atoms with Crippen LogP contribution in [0.4, 0.5) is 0 Å². The van der Waals surface area contributed by atoms with E-state index in [4.69, 9.17) is 13.7 Å². The Labute approximate surface area is 180 Å². The summed E-state index contributed by atoms with van der Waals surface area (Å²) in [6, 6.07) is 0. The predicted octanol–water partition coefficient (Wildman–Crippen LogP) is 6.35. The lowest BCUT2D eigenvalue weighted by molar-refractivity contribution is -0.153. The van der Waals surface area contributed by atoms with Gasteiger partial charge >= 0.3 is 0 Å². The molecule has 5 nitrogen and oxygen atoms in total. The van der Waals surface area contributed by atoms with Crippen molar-refractivity contribution in [2.24, 2.45) is 0 Å². The molecule has 0 saturated carbocycles. The zero-order valence-corrected chi connectivity index (χ0v) is 20.4. The molecule has 0 N–H and O–H groups in total. The molecule has 0 aromatic heterocycles. The van der Waals surface area contributed by atoms with E-state index >= 15 is 0 Å². The minimum absolute atomic E-state index is 0.111. The van der Waals surface area contributed by atoms with Gasteiger partial charge in [0.1, 0.15) is 12.2 Å². The fraction of sp³-hybridized carbons (Fsp3) is 1.00. The molecule has 1 heterocycles. The summed E-state index contributed by atoms with van der Waals surface area (Å²) in [6.07, 6.45) is 17.4. The first-order chi connectivity index (χ1) is 13.7. The van der Waals surface area contributed by atoms with Crippen molar-refractivity contribution in [1.29, 1.82) is 0 Å². The van der Waals surface area contributed by atoms with Crippen LogP contribution in [0.5, 0.6) is 0 Å². The molecule has 0 unspecified atom stereocenters. The van der Waals surface area contributed by atoms with Gasteiger partial charge in [-0.05, 0) is 26.7 Å². The van der Waals surface area contributed by atoms with Crippen LogP contribution in [0.25, 0.3) is 0 Å². The molecule has 174 valence electrons. The Morgan fingerprint density at radius 1 is 0.828 bits per heavy atom. The molecule has 0 aromatic rings. The lowest BCUT2D eigenvalue weighted by Crippen LogP contribution is -2.38. The van der Waals surface area contributed by atoms with Gasteiger partial charge in [-0.3, -0.25) is 4.18 Å². The Morgan fingerprint density at radius 2 is 1.31 bits per heavy atom. The van der Waals surface area contributed by atoms with E-state index in [2.05, 4.69) is 6.92 Å². The number of hydrogen-bond donors (Lipinski definition) is 0. The number of rotatable bonds is 17. The molecule has 1 aliphatic heterocycles. The van der Waals surface area contributed by atoms with Crippen LogP contribution in [0.3, 0.4) is 0 Å². The second kappa shape index (κ2) is 14.0. The smallest absolute Gasteiger partial charge is 0.264 e. The van der Waals surface area contributed by atoms with Gasteiger partial charge in [-0.25, -0.2) is 0 Å². The average Bonchev–Trinajstić information content (AvgIpc) is 2.94. The number of hydrogen-bond acceptors (Lipinski definition) is 5. The molecule has 3 atom stereocenters. The van der Waals surface area contributed by atoms with Gasteiger partial charge in [0, 0.05) is 0 Å². The topological polar surface area (TPSA) is 61.8 Å². The van der Waals surface area contributed by atoms with Crippen LogP contribution in [-0.4, -0.2) is 38.8 Å². The summed E-state index contributed by atoms with van der Waals surface area (Å²) in [5, 5.41) is 0. The molecule has 1 fully saturated rings. The highest BCUT2D eigenvalue weighted by Gasteiger charge is 2.45. The van der Waals surface area contributed by atoms with E-state index in [0.29, 0.717) is 6.42 Å². The molecule has 1 rings (SSSR count). The Balaban J connectivity index is 2.22. The first-order valence-corrected chi connectivity index (χ1v) is 13.7. The lowest BCUT2D eigenvalue weighted by atomic mass is 9.99. The largest absolute Gasteiger partial charge is 0.344 e. The Morgan fingerprint density at radius 3 is 1.76 bits per heavy atom. The van der Waals surface area contributed by atoms with Gasteiger partial charge in [0.15, 0.2) is 5.79 Å². The Kier molecular flexibility index (Phi) is 13.0. The van der Waals surface area contributed by atoms with Gasteiger partial charge in [0.2, 0.25) is 0 Å². The highest BCUT2D eigenvalue weighted by molar-refractivity contribution is 7.86. The normalized spacial score (nSPS) is 22.8. The van der Waals surface area contributed by atoms with Crippen molar-refractivity contribution in [3.05, 3.63) is 0 Å². The van der Waals surface area contributed by atoms with Crippen LogP contribution in [0.15, 0.2) is 0 Å². The maximum atomic E-state index is 11.6. The summed E-state index contributed by atoms with van der Waals surface area (Å²) in [7, 11) is -3.52. The molecule has 0 radical (unpaired) electrons. The molecule has 1 aliphatic rings. The average molecular weight is 435 g/mol. The monoisotopic (exact) mass is 434 g/mol. The van der Waals surface area contributed by atoms with Gasteiger partial charge in [-0.1, -0.05) is 90.9 Å². The number of unbranched alkanes of at least 4 members (excludes halogenated alkanes) is 11. The van der Waals surface area contributed by atoms with Gasteiger partial charge in [-0.2, -0.15) is 8.42 Å². The summed E-state index contributed by atoms with van der Waals surface area (Å²) in [4.78, 5) is 0. The minimum atomic E-state index is -3.52. The lowest BCUT2D eigenvalue weighted by Gasteiger charge is -2.24. The van der Waals surface area contributed by atoms with Crippen LogP contribution in [0.2, 0.25) is 0 Å². The first-order valence-electron chi connectivity index (χ1n) is 11.9. The van der Waals surface area contributed by atoms with Crippen molar-refractivity contribution < 1.29 is 22.1 Å². The maximum Gasteiger partial charge on any atom is 0.264 e. The Hall–Kier alpha value is -0.170. The summed E-state index contributed by atoms with van der Waals surface area (Å²) in [5.41, 5.74) is 0. The second-order valence-electron chi connectivity index (χ2n) is 9.06. The maximum absolute atomic E-state index is 11.6. The van der Waals surface area contributed by atoms with Crippen molar-refractivity contribution in [3.8, 4) is 0 Å². The molecule has 29 heavy (non-hydrogen) atoms. The quantitative estimate of drug-likeness (QED) is 0.197. The summed E-state index contributed by atoms with van der Waals surface area (Å²) >= 11 is 0. The van der Waals surface area contributed by atoms with Crippen LogP contribution in [0, 0.1) is 0 Å². The second-order valence-corrected chi connectivity index (χ2v) is 10.7. The zero-order valence-electron chi connectivity index (χ0n) is 19.6. The van der Waals surface area contributed by atoms with Gasteiger partial charge in [0.05, 0.1) is 12.4 Å². The van der Waals surface area contributed by atoms with E-state index in [1.807, 2.05) is 20.8 Å². The molecule has 0 amide bonds. The van der Waals surface area contributed by atoms with Crippen LogP contribution >= 0.6 is 0 Å². The molecule has 0 aliphatic carbocycles. The van der Waals surface area contributed by atoms with Gasteiger partial charge < -0.3 is 9.47 Å². The highest BCUT2D eigenvalue weighted by atomic mass is 32.2. The van der Waals surface area contributed by atoms with E-state index in [9.17, 15) is 8.42 Å². The highest BCUT2D eigenvalue weighted by Crippen LogP contribution is 2.34. The van der Waals surface area contributed by atoms with Crippen molar-refractivity contribution in [2.45, 2.75) is 142 Å².